The second kappa shape index (κ2) is 6.77. The molecule has 17 heavy (non-hydrogen) atoms. The van der Waals surface area contributed by atoms with E-state index in [0.717, 1.165) is 23.8 Å². The van der Waals surface area contributed by atoms with Crippen LogP contribution in [0.15, 0.2) is 6.07 Å². The Hall–Kier alpha value is -0.0500. The first kappa shape index (κ1) is 15.0. The van der Waals surface area contributed by atoms with Gasteiger partial charge in [-0.3, -0.25) is 0 Å². The van der Waals surface area contributed by atoms with E-state index in [1.165, 1.54) is 23.3 Å². The highest BCUT2D eigenvalue weighted by Gasteiger charge is 2.17. The van der Waals surface area contributed by atoms with Crippen molar-refractivity contribution < 1.29 is 0 Å². The van der Waals surface area contributed by atoms with Crippen molar-refractivity contribution in [2.24, 2.45) is 5.41 Å². The highest BCUT2D eigenvalue weighted by atomic mass is 35.5. The first-order valence-corrected chi connectivity index (χ1v) is 7.59. The van der Waals surface area contributed by atoms with E-state index in [4.69, 9.17) is 11.6 Å². The SMILES string of the molecule is CCNCCC(C)(C)CCc1cc(C)c(Cl)s1. The predicted molar refractivity (Wildman–Crippen MR) is 79.3 cm³/mol. The molecule has 1 rings (SSSR count). The van der Waals surface area contributed by atoms with Crippen molar-refractivity contribution >= 4 is 22.9 Å². The molecule has 0 radical (unpaired) electrons. The second-order valence-corrected chi connectivity index (χ2v) is 7.18. The van der Waals surface area contributed by atoms with Gasteiger partial charge in [-0.1, -0.05) is 32.4 Å². The molecule has 0 saturated heterocycles. The van der Waals surface area contributed by atoms with E-state index in [1.54, 1.807) is 11.3 Å². The minimum absolute atomic E-state index is 0.409. The van der Waals surface area contributed by atoms with Crippen LogP contribution in [0.25, 0.3) is 0 Å². The minimum atomic E-state index is 0.409. The third-order valence-corrected chi connectivity index (χ3v) is 4.80. The lowest BCUT2D eigenvalue weighted by Crippen LogP contribution is -2.22. The normalized spacial score (nSPS) is 12.1. The molecular formula is C14H24ClNS. The lowest BCUT2D eigenvalue weighted by atomic mass is 9.84. The van der Waals surface area contributed by atoms with Crippen molar-refractivity contribution in [3.8, 4) is 0 Å². The van der Waals surface area contributed by atoms with Gasteiger partial charge in [-0.15, -0.1) is 11.3 Å². The molecule has 0 spiro atoms. The number of rotatable bonds is 7. The standard InChI is InChI=1S/C14H24ClNS/c1-5-16-9-8-14(3,4)7-6-12-10-11(2)13(15)17-12/h10,16H,5-9H2,1-4H3. The minimum Gasteiger partial charge on any atom is -0.317 e. The molecule has 1 nitrogen and oxygen atoms in total. The van der Waals surface area contributed by atoms with Gasteiger partial charge in [-0.05, 0) is 56.3 Å². The zero-order chi connectivity index (χ0) is 12.9. The molecule has 1 heterocycles. The fraction of sp³-hybridized carbons (Fsp3) is 0.714. The lowest BCUT2D eigenvalue weighted by Gasteiger charge is -2.24. The summed E-state index contributed by atoms with van der Waals surface area (Å²) < 4.78 is 0.949. The van der Waals surface area contributed by atoms with Crippen LogP contribution in [0, 0.1) is 12.3 Å². The van der Waals surface area contributed by atoms with Crippen LogP contribution in [0.2, 0.25) is 4.34 Å². The smallest absolute Gasteiger partial charge is 0.0960 e. The molecular weight excluding hydrogens is 250 g/mol. The summed E-state index contributed by atoms with van der Waals surface area (Å²) in [6.45, 7) is 11.1. The fourth-order valence-electron chi connectivity index (χ4n) is 1.84. The number of aryl methyl sites for hydroxylation is 2. The molecule has 0 unspecified atom stereocenters. The zero-order valence-corrected chi connectivity index (χ0v) is 13.0. The van der Waals surface area contributed by atoms with Crippen LogP contribution in [0.1, 0.15) is 44.1 Å². The van der Waals surface area contributed by atoms with E-state index in [0.29, 0.717) is 5.41 Å². The average Bonchev–Trinajstić information content (AvgIpc) is 2.56. The molecule has 0 amide bonds. The van der Waals surface area contributed by atoms with Crippen LogP contribution in [0.4, 0.5) is 0 Å². The van der Waals surface area contributed by atoms with Crippen LogP contribution in [-0.2, 0) is 6.42 Å². The topological polar surface area (TPSA) is 12.0 Å². The Bertz CT molecular complexity index is 324. The van der Waals surface area contributed by atoms with Crippen molar-refractivity contribution in [3.05, 3.63) is 20.8 Å². The molecule has 0 aliphatic carbocycles. The molecule has 0 aliphatic heterocycles. The lowest BCUT2D eigenvalue weighted by molar-refractivity contribution is 0.304. The van der Waals surface area contributed by atoms with E-state index >= 15 is 0 Å². The van der Waals surface area contributed by atoms with Gasteiger partial charge in [0.05, 0.1) is 4.34 Å². The van der Waals surface area contributed by atoms with Gasteiger partial charge < -0.3 is 5.32 Å². The van der Waals surface area contributed by atoms with Crippen molar-refractivity contribution in [1.82, 2.24) is 5.32 Å². The van der Waals surface area contributed by atoms with E-state index in [-0.39, 0.29) is 0 Å². The molecule has 0 atom stereocenters. The highest BCUT2D eigenvalue weighted by Crippen LogP contribution is 2.31. The van der Waals surface area contributed by atoms with Gasteiger partial charge in [0.15, 0.2) is 0 Å². The summed E-state index contributed by atoms with van der Waals surface area (Å²) >= 11 is 7.82. The molecule has 0 bridgehead atoms. The number of hydrogen-bond acceptors (Lipinski definition) is 2. The third-order valence-electron chi connectivity index (χ3n) is 3.18. The maximum Gasteiger partial charge on any atom is 0.0960 e. The van der Waals surface area contributed by atoms with Crippen LogP contribution >= 0.6 is 22.9 Å². The van der Waals surface area contributed by atoms with E-state index in [2.05, 4.69) is 39.1 Å². The zero-order valence-electron chi connectivity index (χ0n) is 11.4. The summed E-state index contributed by atoms with van der Waals surface area (Å²) in [5, 5.41) is 3.40. The average molecular weight is 274 g/mol. The maximum absolute atomic E-state index is 6.09. The molecule has 0 fully saturated rings. The number of halogens is 1. The van der Waals surface area contributed by atoms with Crippen LogP contribution in [-0.4, -0.2) is 13.1 Å². The van der Waals surface area contributed by atoms with Gasteiger partial charge >= 0.3 is 0 Å². The monoisotopic (exact) mass is 273 g/mol. The molecule has 1 aromatic rings. The van der Waals surface area contributed by atoms with Crippen LogP contribution in [0.5, 0.6) is 0 Å². The van der Waals surface area contributed by atoms with E-state index < -0.39 is 0 Å². The highest BCUT2D eigenvalue weighted by molar-refractivity contribution is 7.16. The van der Waals surface area contributed by atoms with Crippen LogP contribution in [0.3, 0.4) is 0 Å². The number of hydrogen-bond donors (Lipinski definition) is 1. The van der Waals surface area contributed by atoms with Gasteiger partial charge in [0, 0.05) is 4.88 Å². The summed E-state index contributed by atoms with van der Waals surface area (Å²) in [5.74, 6) is 0. The summed E-state index contributed by atoms with van der Waals surface area (Å²) in [5.41, 5.74) is 1.63. The molecule has 1 N–H and O–H groups in total. The van der Waals surface area contributed by atoms with Gasteiger partial charge in [0.25, 0.3) is 0 Å². The quantitative estimate of drug-likeness (QED) is 0.712. The Morgan fingerprint density at radius 1 is 1.35 bits per heavy atom. The van der Waals surface area contributed by atoms with Gasteiger partial charge in [-0.2, -0.15) is 0 Å². The molecule has 0 saturated carbocycles. The van der Waals surface area contributed by atoms with Crippen molar-refractivity contribution in [2.75, 3.05) is 13.1 Å². The Kier molecular flexibility index (Phi) is 5.98. The summed E-state index contributed by atoms with van der Waals surface area (Å²) in [6.07, 6.45) is 3.62. The van der Waals surface area contributed by atoms with E-state index in [9.17, 15) is 0 Å². The summed E-state index contributed by atoms with van der Waals surface area (Å²) in [7, 11) is 0. The van der Waals surface area contributed by atoms with Crippen molar-refractivity contribution in [3.63, 3.8) is 0 Å². The third kappa shape index (κ3) is 5.41. The maximum atomic E-state index is 6.09. The summed E-state index contributed by atoms with van der Waals surface area (Å²) in [6, 6.07) is 2.23. The summed E-state index contributed by atoms with van der Waals surface area (Å²) in [4.78, 5) is 1.42. The van der Waals surface area contributed by atoms with Crippen LogP contribution < -0.4 is 5.32 Å². The second-order valence-electron chi connectivity index (χ2n) is 5.44. The van der Waals surface area contributed by atoms with Gasteiger partial charge in [0.2, 0.25) is 0 Å². The predicted octanol–water partition coefficient (Wildman–Crippen LogP) is 4.67. The molecule has 0 aromatic carbocycles. The first-order valence-electron chi connectivity index (χ1n) is 6.40. The number of nitrogens with one attached hydrogen (secondary N) is 1. The fourth-order valence-corrected chi connectivity index (χ4v) is 3.08. The Morgan fingerprint density at radius 2 is 2.06 bits per heavy atom. The van der Waals surface area contributed by atoms with Crippen molar-refractivity contribution in [1.29, 1.82) is 0 Å². The van der Waals surface area contributed by atoms with Crippen molar-refractivity contribution in [2.45, 2.75) is 47.0 Å². The Labute approximate surface area is 115 Å². The largest absolute Gasteiger partial charge is 0.317 e. The molecule has 3 heteroatoms. The first-order chi connectivity index (χ1) is 7.94. The Balaban J connectivity index is 2.38. The number of thiophene rings is 1. The van der Waals surface area contributed by atoms with E-state index in [1.807, 2.05) is 0 Å². The Morgan fingerprint density at radius 3 is 2.59 bits per heavy atom. The molecule has 0 aliphatic rings. The molecule has 1 aromatic heterocycles. The van der Waals surface area contributed by atoms with Gasteiger partial charge in [0.1, 0.15) is 0 Å². The van der Waals surface area contributed by atoms with Gasteiger partial charge in [-0.25, -0.2) is 0 Å². The molecule has 98 valence electrons.